The van der Waals surface area contributed by atoms with Crippen molar-refractivity contribution in [3.8, 4) is 0 Å². The second-order valence-electron chi connectivity index (χ2n) is 5.47. The molecule has 2 aromatic carbocycles. The summed E-state index contributed by atoms with van der Waals surface area (Å²) < 4.78 is 0. The van der Waals surface area contributed by atoms with Crippen molar-refractivity contribution in [2.24, 2.45) is 0 Å². The average molecular weight is 406 g/mol. The Labute approximate surface area is 168 Å². The molecule has 0 radical (unpaired) electrons. The van der Waals surface area contributed by atoms with Gasteiger partial charge in [0.2, 0.25) is 0 Å². The number of hydrogen-bond donors (Lipinski definition) is 2. The number of benzene rings is 2. The van der Waals surface area contributed by atoms with Crippen LogP contribution < -0.4 is 5.32 Å². The van der Waals surface area contributed by atoms with Gasteiger partial charge in [-0.1, -0.05) is 54.1 Å². The Bertz CT molecular complexity index is 561. The zero-order valence-corrected chi connectivity index (χ0v) is 16.8. The maximum atomic E-state index is 7.57. The van der Waals surface area contributed by atoms with Crippen LogP contribution in [0, 0.1) is 0 Å². The number of aliphatic hydroxyl groups excluding tert-OH is 1. The smallest absolute Gasteiger partial charge is 0.0602 e. The first-order valence-corrected chi connectivity index (χ1v) is 8.50. The average Bonchev–Trinajstić information content (AvgIpc) is 2.60. The number of aliphatic hydroxyl groups is 1. The summed E-state index contributed by atoms with van der Waals surface area (Å²) in [5.74, 6) is 0. The van der Waals surface area contributed by atoms with Crippen LogP contribution >= 0.6 is 36.4 Å². The van der Waals surface area contributed by atoms with E-state index in [4.69, 9.17) is 16.7 Å². The molecule has 1 aliphatic rings. The van der Waals surface area contributed by atoms with Gasteiger partial charge in [-0.2, -0.15) is 0 Å². The first-order valence-electron chi connectivity index (χ1n) is 8.12. The summed E-state index contributed by atoms with van der Waals surface area (Å²) in [5.41, 5.74) is 2.65. The van der Waals surface area contributed by atoms with Gasteiger partial charge < -0.3 is 10.4 Å². The first-order chi connectivity index (χ1) is 11.3. The summed E-state index contributed by atoms with van der Waals surface area (Å²) in [6, 6.07) is 19.3. The maximum absolute atomic E-state index is 7.57. The molecule has 0 saturated carbocycles. The first kappa shape index (κ1) is 24.2. The molecular weight excluding hydrogens is 379 g/mol. The Kier molecular flexibility index (Phi) is 13.0. The van der Waals surface area contributed by atoms with Crippen LogP contribution in [0.5, 0.6) is 0 Å². The van der Waals surface area contributed by atoms with Crippen LogP contribution in [-0.4, -0.2) is 42.8 Å². The van der Waals surface area contributed by atoms with Crippen LogP contribution in [-0.2, 0) is 0 Å². The quantitative estimate of drug-likeness (QED) is 0.804. The number of nitrogens with zero attached hydrogens (tertiary/aromatic N) is 1. The van der Waals surface area contributed by atoms with Gasteiger partial charge in [0.05, 0.1) is 6.04 Å². The summed E-state index contributed by atoms with van der Waals surface area (Å²) in [7, 11) is 0. The van der Waals surface area contributed by atoms with Crippen molar-refractivity contribution in [1.82, 2.24) is 10.2 Å². The lowest BCUT2D eigenvalue weighted by Crippen LogP contribution is -2.45. The minimum absolute atomic E-state index is 0. The topological polar surface area (TPSA) is 35.5 Å². The highest BCUT2D eigenvalue weighted by molar-refractivity contribution is 6.30. The van der Waals surface area contributed by atoms with Crippen LogP contribution in [0.25, 0.3) is 0 Å². The summed E-state index contributed by atoms with van der Waals surface area (Å²) in [4.78, 5) is 2.54. The van der Waals surface area contributed by atoms with Gasteiger partial charge in [0.25, 0.3) is 0 Å². The summed E-state index contributed by atoms with van der Waals surface area (Å²) in [6.07, 6.45) is 0. The Morgan fingerprint density at radius 2 is 1.44 bits per heavy atom. The fourth-order valence-corrected chi connectivity index (χ4v) is 2.96. The fraction of sp³-hybridized carbons (Fsp3) is 0.368. The summed E-state index contributed by atoms with van der Waals surface area (Å²) in [5, 5.41) is 11.8. The SMILES string of the molecule is CCO.Cl.Cl.Clc1ccc(C(c2ccccc2)N2CCNCC2)cc1. The minimum atomic E-state index is 0. The van der Waals surface area contributed by atoms with Gasteiger partial charge in [-0.15, -0.1) is 24.8 Å². The Balaban J connectivity index is 0.00000108. The fourth-order valence-electron chi connectivity index (χ4n) is 2.83. The van der Waals surface area contributed by atoms with Crippen molar-refractivity contribution >= 4 is 36.4 Å². The van der Waals surface area contributed by atoms with E-state index in [1.807, 2.05) is 12.1 Å². The Morgan fingerprint density at radius 3 is 1.96 bits per heavy atom. The van der Waals surface area contributed by atoms with Crippen LogP contribution in [0.4, 0.5) is 0 Å². The molecule has 0 aliphatic carbocycles. The molecule has 0 bridgehead atoms. The molecule has 1 aliphatic heterocycles. The molecule has 140 valence electrons. The van der Waals surface area contributed by atoms with Gasteiger partial charge in [-0.05, 0) is 30.2 Å². The lowest BCUT2D eigenvalue weighted by atomic mass is 9.96. The maximum Gasteiger partial charge on any atom is 0.0602 e. The monoisotopic (exact) mass is 404 g/mol. The molecule has 0 spiro atoms. The van der Waals surface area contributed by atoms with Gasteiger partial charge >= 0.3 is 0 Å². The van der Waals surface area contributed by atoms with Crippen molar-refractivity contribution in [2.75, 3.05) is 32.8 Å². The van der Waals surface area contributed by atoms with Gasteiger partial charge in [-0.3, -0.25) is 4.90 Å². The van der Waals surface area contributed by atoms with Crippen molar-refractivity contribution in [1.29, 1.82) is 0 Å². The molecule has 1 fully saturated rings. The molecular formula is C19H27Cl3N2O. The summed E-state index contributed by atoms with van der Waals surface area (Å²) in [6.45, 7) is 6.18. The van der Waals surface area contributed by atoms with Crippen LogP contribution in [0.15, 0.2) is 54.6 Å². The number of rotatable bonds is 3. The van der Waals surface area contributed by atoms with Crippen molar-refractivity contribution in [2.45, 2.75) is 13.0 Å². The number of halogens is 3. The number of piperazine rings is 1. The van der Waals surface area contributed by atoms with Crippen LogP contribution in [0.2, 0.25) is 5.02 Å². The van der Waals surface area contributed by atoms with E-state index in [9.17, 15) is 0 Å². The van der Waals surface area contributed by atoms with E-state index in [0.29, 0.717) is 6.04 Å². The van der Waals surface area contributed by atoms with Gasteiger partial charge in [0.15, 0.2) is 0 Å². The highest BCUT2D eigenvalue weighted by atomic mass is 35.5. The highest BCUT2D eigenvalue weighted by Gasteiger charge is 2.23. The van der Waals surface area contributed by atoms with E-state index in [1.54, 1.807) is 6.92 Å². The molecule has 2 aromatic rings. The second-order valence-corrected chi connectivity index (χ2v) is 5.90. The van der Waals surface area contributed by atoms with Crippen molar-refractivity contribution < 1.29 is 5.11 Å². The van der Waals surface area contributed by atoms with Gasteiger partial charge in [-0.25, -0.2) is 0 Å². The van der Waals surface area contributed by atoms with Crippen LogP contribution in [0.3, 0.4) is 0 Å². The minimum Gasteiger partial charge on any atom is -0.397 e. The molecule has 6 heteroatoms. The van der Waals surface area contributed by atoms with E-state index >= 15 is 0 Å². The lowest BCUT2D eigenvalue weighted by molar-refractivity contribution is 0.198. The van der Waals surface area contributed by atoms with Gasteiger partial charge in [0.1, 0.15) is 0 Å². The van der Waals surface area contributed by atoms with E-state index < -0.39 is 0 Å². The molecule has 1 atom stereocenters. The Morgan fingerprint density at radius 1 is 0.960 bits per heavy atom. The third kappa shape index (κ3) is 7.53. The van der Waals surface area contributed by atoms with E-state index in [0.717, 1.165) is 31.2 Å². The molecule has 0 amide bonds. The number of nitrogens with one attached hydrogen (secondary N) is 1. The highest BCUT2D eigenvalue weighted by Crippen LogP contribution is 2.29. The normalized spacial score (nSPS) is 15.0. The third-order valence-corrected chi connectivity index (χ3v) is 4.07. The second kappa shape index (κ2) is 13.4. The molecule has 1 saturated heterocycles. The summed E-state index contributed by atoms with van der Waals surface area (Å²) >= 11 is 6.02. The molecule has 1 unspecified atom stereocenters. The molecule has 3 nitrogen and oxygen atoms in total. The van der Waals surface area contributed by atoms with E-state index in [-0.39, 0.29) is 31.4 Å². The zero-order chi connectivity index (χ0) is 16.5. The third-order valence-electron chi connectivity index (χ3n) is 3.82. The predicted octanol–water partition coefficient (Wildman–Crippen LogP) is 4.18. The molecule has 2 N–H and O–H groups in total. The largest absolute Gasteiger partial charge is 0.397 e. The number of hydrogen-bond acceptors (Lipinski definition) is 3. The molecule has 3 rings (SSSR count). The van der Waals surface area contributed by atoms with E-state index in [2.05, 4.69) is 52.7 Å². The van der Waals surface area contributed by atoms with Crippen molar-refractivity contribution in [3.63, 3.8) is 0 Å². The van der Waals surface area contributed by atoms with Crippen molar-refractivity contribution in [3.05, 3.63) is 70.7 Å². The Hall–Kier alpha value is -0.810. The lowest BCUT2D eigenvalue weighted by Gasteiger charge is -2.35. The molecule has 25 heavy (non-hydrogen) atoms. The van der Waals surface area contributed by atoms with E-state index in [1.165, 1.54) is 11.1 Å². The zero-order valence-electron chi connectivity index (χ0n) is 14.4. The predicted molar refractivity (Wildman–Crippen MR) is 111 cm³/mol. The van der Waals surface area contributed by atoms with Gasteiger partial charge in [0, 0.05) is 37.8 Å². The van der Waals surface area contributed by atoms with Crippen LogP contribution in [0.1, 0.15) is 24.1 Å². The molecule has 0 aromatic heterocycles. The standard InChI is InChI=1S/C17H19ClN2.C2H6O.2ClH/c18-16-8-6-15(7-9-16)17(14-4-2-1-3-5-14)20-12-10-19-11-13-20;1-2-3;;/h1-9,17,19H,10-13H2;3H,2H2,1H3;2*1H. The molecule has 1 heterocycles.